The van der Waals surface area contributed by atoms with Gasteiger partial charge >= 0.3 is 5.63 Å². The van der Waals surface area contributed by atoms with E-state index in [4.69, 9.17) is 16.0 Å². The summed E-state index contributed by atoms with van der Waals surface area (Å²) < 4.78 is 5.02. The summed E-state index contributed by atoms with van der Waals surface area (Å²) in [6.45, 7) is 0. The first-order chi connectivity index (χ1) is 7.63. The number of Topliss-reactive ketones (excluding diaryl/α,β-unsaturated/α-hetero) is 1. The van der Waals surface area contributed by atoms with Crippen LogP contribution >= 0.6 is 27.5 Å². The van der Waals surface area contributed by atoms with Gasteiger partial charge in [0.25, 0.3) is 0 Å². The molecule has 1 aromatic carbocycles. The average Bonchev–Trinajstić information content (AvgIpc) is 2.29. The van der Waals surface area contributed by atoms with E-state index in [1.165, 1.54) is 6.07 Å². The summed E-state index contributed by atoms with van der Waals surface area (Å²) in [5.74, 6) is -0.310. The summed E-state index contributed by atoms with van der Waals surface area (Å²) in [5.41, 5.74) is -0.322. The fourth-order valence-corrected chi connectivity index (χ4v) is 1.90. The van der Waals surface area contributed by atoms with Crippen LogP contribution in [0.1, 0.15) is 10.4 Å². The van der Waals surface area contributed by atoms with Crippen molar-refractivity contribution in [3.63, 3.8) is 0 Å². The summed E-state index contributed by atoms with van der Waals surface area (Å²) in [6.07, 6.45) is 0. The van der Waals surface area contributed by atoms with Crippen LogP contribution < -0.4 is 5.63 Å². The Labute approximate surface area is 104 Å². The van der Waals surface area contributed by atoms with Gasteiger partial charge in [0, 0.05) is 5.39 Å². The molecule has 0 bridgehead atoms. The summed E-state index contributed by atoms with van der Waals surface area (Å²) >= 11 is 8.88. The van der Waals surface area contributed by atoms with Crippen LogP contribution in [0.5, 0.6) is 0 Å². The Balaban J connectivity index is 2.78. The Morgan fingerprint density at radius 2 is 2.19 bits per heavy atom. The van der Waals surface area contributed by atoms with Gasteiger partial charge in [0.05, 0.1) is 10.4 Å². The van der Waals surface area contributed by atoms with Crippen molar-refractivity contribution in [3.05, 3.63) is 45.3 Å². The van der Waals surface area contributed by atoms with E-state index in [0.29, 0.717) is 16.0 Å². The molecule has 0 spiro atoms. The van der Waals surface area contributed by atoms with E-state index in [1.54, 1.807) is 18.2 Å². The summed E-state index contributed by atoms with van der Waals surface area (Å²) in [6, 6.07) is 6.58. The van der Waals surface area contributed by atoms with Gasteiger partial charge in [-0.25, -0.2) is 4.79 Å². The van der Waals surface area contributed by atoms with Crippen LogP contribution in [-0.2, 0) is 0 Å². The Hall–Kier alpha value is -1.13. The number of ketones is 1. The maximum atomic E-state index is 11.5. The van der Waals surface area contributed by atoms with Crippen LogP contribution in [0.2, 0.25) is 5.02 Å². The van der Waals surface area contributed by atoms with Crippen molar-refractivity contribution in [2.24, 2.45) is 0 Å². The predicted molar refractivity (Wildman–Crippen MR) is 65.6 cm³/mol. The first-order valence-electron chi connectivity index (χ1n) is 4.45. The van der Waals surface area contributed by atoms with Crippen LogP contribution in [0.15, 0.2) is 33.5 Å². The van der Waals surface area contributed by atoms with Gasteiger partial charge in [-0.3, -0.25) is 4.79 Å². The number of hydrogen-bond acceptors (Lipinski definition) is 3. The van der Waals surface area contributed by atoms with Crippen LogP contribution in [0.3, 0.4) is 0 Å². The van der Waals surface area contributed by atoms with Gasteiger partial charge in [0.15, 0.2) is 11.4 Å². The highest BCUT2D eigenvalue weighted by Crippen LogP contribution is 2.22. The third-order valence-corrected chi connectivity index (χ3v) is 2.94. The van der Waals surface area contributed by atoms with Crippen LogP contribution in [0, 0.1) is 0 Å². The molecule has 0 radical (unpaired) electrons. The second-order valence-electron chi connectivity index (χ2n) is 3.16. The molecule has 0 amide bonds. The Morgan fingerprint density at radius 1 is 1.44 bits per heavy atom. The van der Waals surface area contributed by atoms with Crippen molar-refractivity contribution < 1.29 is 9.21 Å². The van der Waals surface area contributed by atoms with Gasteiger partial charge in [0.1, 0.15) is 5.56 Å². The lowest BCUT2D eigenvalue weighted by atomic mass is 10.1. The van der Waals surface area contributed by atoms with Gasteiger partial charge in [-0.15, -0.1) is 0 Å². The molecule has 0 fully saturated rings. The fourth-order valence-electron chi connectivity index (χ4n) is 1.38. The van der Waals surface area contributed by atoms with Crippen molar-refractivity contribution >= 4 is 44.3 Å². The van der Waals surface area contributed by atoms with Crippen molar-refractivity contribution in [1.29, 1.82) is 0 Å². The van der Waals surface area contributed by atoms with Crippen molar-refractivity contribution in [1.82, 2.24) is 0 Å². The Morgan fingerprint density at radius 3 is 2.88 bits per heavy atom. The van der Waals surface area contributed by atoms with Gasteiger partial charge in [-0.05, 0) is 12.1 Å². The van der Waals surface area contributed by atoms with E-state index in [0.717, 1.165) is 0 Å². The van der Waals surface area contributed by atoms with Crippen LogP contribution in [0.4, 0.5) is 0 Å². The molecule has 1 heterocycles. The minimum atomic E-state index is -0.662. The fraction of sp³-hybridized carbons (Fsp3) is 0.0909. The highest BCUT2D eigenvalue weighted by atomic mass is 79.9. The quantitative estimate of drug-likeness (QED) is 0.486. The first kappa shape index (κ1) is 11.4. The molecule has 2 aromatic rings. The second-order valence-corrected chi connectivity index (χ2v) is 4.13. The molecule has 0 unspecified atom stereocenters. The number of fused-ring (bicyclic) bond motifs is 1. The molecule has 0 N–H and O–H groups in total. The molecule has 5 heteroatoms. The molecular weight excluding hydrogens is 295 g/mol. The lowest BCUT2D eigenvalue weighted by Gasteiger charge is -2.00. The number of hydrogen-bond donors (Lipinski definition) is 0. The number of carbonyl (C=O) groups is 1. The Bertz CT molecular complexity index is 618. The van der Waals surface area contributed by atoms with Gasteiger partial charge < -0.3 is 4.42 Å². The number of rotatable bonds is 2. The molecule has 0 aliphatic rings. The summed E-state index contributed by atoms with van der Waals surface area (Å²) in [4.78, 5) is 22.9. The molecular formula is C11H6BrClO3. The van der Waals surface area contributed by atoms with Gasteiger partial charge in [0.2, 0.25) is 0 Å². The SMILES string of the molecule is O=C(CBr)c1cc2cccc(Cl)c2oc1=O. The monoisotopic (exact) mass is 300 g/mol. The molecule has 82 valence electrons. The molecule has 0 atom stereocenters. The minimum absolute atomic E-state index is 0.0339. The maximum Gasteiger partial charge on any atom is 0.347 e. The number of benzene rings is 1. The largest absolute Gasteiger partial charge is 0.421 e. The van der Waals surface area contributed by atoms with Crippen molar-refractivity contribution in [2.45, 2.75) is 0 Å². The zero-order valence-corrected chi connectivity index (χ0v) is 10.3. The predicted octanol–water partition coefficient (Wildman–Crippen LogP) is 3.02. The standard InChI is InChI=1S/C11H6BrClO3/c12-5-9(14)7-4-6-2-1-3-8(13)10(6)16-11(7)15/h1-4H,5H2. The number of para-hydroxylation sites is 1. The molecule has 0 aliphatic carbocycles. The summed E-state index contributed by atoms with van der Waals surface area (Å²) in [5, 5.41) is 1.08. The highest BCUT2D eigenvalue weighted by Gasteiger charge is 2.13. The third kappa shape index (κ3) is 1.90. The van der Waals surface area contributed by atoms with E-state index in [9.17, 15) is 9.59 Å². The molecule has 0 saturated heterocycles. The maximum absolute atomic E-state index is 11.5. The number of alkyl halides is 1. The highest BCUT2D eigenvalue weighted by molar-refractivity contribution is 9.09. The third-order valence-electron chi connectivity index (χ3n) is 2.13. The van der Waals surface area contributed by atoms with Gasteiger partial charge in [-0.2, -0.15) is 0 Å². The smallest absolute Gasteiger partial charge is 0.347 e. The number of halogens is 2. The lowest BCUT2D eigenvalue weighted by Crippen LogP contribution is -2.14. The van der Waals surface area contributed by atoms with E-state index in [-0.39, 0.29) is 16.7 Å². The van der Waals surface area contributed by atoms with E-state index < -0.39 is 5.63 Å². The van der Waals surface area contributed by atoms with Crippen molar-refractivity contribution in [2.75, 3.05) is 5.33 Å². The molecule has 16 heavy (non-hydrogen) atoms. The van der Waals surface area contributed by atoms with E-state index in [2.05, 4.69) is 15.9 Å². The van der Waals surface area contributed by atoms with E-state index >= 15 is 0 Å². The molecule has 1 aromatic heterocycles. The van der Waals surface area contributed by atoms with Crippen LogP contribution in [-0.4, -0.2) is 11.1 Å². The Kier molecular flexibility index (Phi) is 3.12. The number of carbonyl (C=O) groups excluding carboxylic acids is 1. The molecule has 3 nitrogen and oxygen atoms in total. The second kappa shape index (κ2) is 4.39. The van der Waals surface area contributed by atoms with Gasteiger partial charge in [-0.1, -0.05) is 39.7 Å². The lowest BCUT2D eigenvalue weighted by molar-refractivity contribution is 0.102. The minimum Gasteiger partial charge on any atom is -0.421 e. The normalized spacial score (nSPS) is 10.6. The molecule has 2 rings (SSSR count). The first-order valence-corrected chi connectivity index (χ1v) is 5.95. The summed E-state index contributed by atoms with van der Waals surface area (Å²) in [7, 11) is 0. The topological polar surface area (TPSA) is 47.3 Å². The molecule has 0 saturated carbocycles. The van der Waals surface area contributed by atoms with E-state index in [1.807, 2.05) is 0 Å². The zero-order chi connectivity index (χ0) is 11.7. The average molecular weight is 302 g/mol. The van der Waals surface area contributed by atoms with Crippen molar-refractivity contribution in [3.8, 4) is 0 Å². The zero-order valence-electron chi connectivity index (χ0n) is 8.00. The van der Waals surface area contributed by atoms with Crippen LogP contribution in [0.25, 0.3) is 11.0 Å². The molecule has 0 aliphatic heterocycles.